The highest BCUT2D eigenvalue weighted by Crippen LogP contribution is 2.27. The molecule has 5 heteroatoms. The van der Waals surface area contributed by atoms with Crippen molar-refractivity contribution < 1.29 is 13.2 Å². The number of Topliss-reactive ketones (excluding diaryl/α,β-unsaturated/α-hetero) is 1. The number of hydrogen-bond donors (Lipinski definition) is 0. The molecule has 0 unspecified atom stereocenters. The van der Waals surface area contributed by atoms with E-state index in [9.17, 15) is 13.2 Å². The lowest BCUT2D eigenvalue weighted by molar-refractivity contribution is 0.0874. The quantitative estimate of drug-likeness (QED) is 0.786. The van der Waals surface area contributed by atoms with Crippen LogP contribution in [0.1, 0.15) is 34.3 Å². The fourth-order valence-corrected chi connectivity index (χ4v) is 4.76. The summed E-state index contributed by atoms with van der Waals surface area (Å²) in [4.78, 5) is 13.0. The Morgan fingerprint density at radius 2 is 1.56 bits per heavy atom. The molecule has 0 spiro atoms. The van der Waals surface area contributed by atoms with Crippen molar-refractivity contribution in [1.29, 1.82) is 0 Å². The molecule has 0 amide bonds. The molecule has 2 aromatic rings. The average Bonchev–Trinajstić information content (AvgIpc) is 2.62. The Hall–Kier alpha value is -1.98. The van der Waals surface area contributed by atoms with E-state index in [0.29, 0.717) is 30.8 Å². The summed E-state index contributed by atoms with van der Waals surface area (Å²) in [7, 11) is -3.48. The van der Waals surface area contributed by atoms with Crippen molar-refractivity contribution >= 4 is 15.8 Å². The van der Waals surface area contributed by atoms with Gasteiger partial charge < -0.3 is 0 Å². The van der Waals surface area contributed by atoms with E-state index in [1.807, 2.05) is 38.1 Å². The molecule has 25 heavy (non-hydrogen) atoms. The molecule has 1 heterocycles. The van der Waals surface area contributed by atoms with Crippen LogP contribution in [0.4, 0.5) is 0 Å². The van der Waals surface area contributed by atoms with Gasteiger partial charge in [-0.1, -0.05) is 42.0 Å². The van der Waals surface area contributed by atoms with Gasteiger partial charge in [0.05, 0.1) is 4.90 Å². The van der Waals surface area contributed by atoms with Crippen LogP contribution in [0.3, 0.4) is 0 Å². The van der Waals surface area contributed by atoms with Crippen molar-refractivity contribution in [3.05, 3.63) is 65.2 Å². The van der Waals surface area contributed by atoms with Crippen LogP contribution in [-0.4, -0.2) is 31.6 Å². The molecular formula is C20H23NO3S. The first-order valence-electron chi connectivity index (χ1n) is 8.56. The van der Waals surface area contributed by atoms with Gasteiger partial charge in [-0.05, 0) is 44.4 Å². The Morgan fingerprint density at radius 3 is 2.16 bits per heavy atom. The van der Waals surface area contributed by atoms with Crippen molar-refractivity contribution in [2.75, 3.05) is 13.1 Å². The van der Waals surface area contributed by atoms with E-state index in [1.165, 1.54) is 4.31 Å². The summed E-state index contributed by atoms with van der Waals surface area (Å²) in [6, 6.07) is 14.5. The molecule has 0 aliphatic carbocycles. The van der Waals surface area contributed by atoms with Crippen LogP contribution >= 0.6 is 0 Å². The van der Waals surface area contributed by atoms with Crippen molar-refractivity contribution in [2.45, 2.75) is 31.6 Å². The van der Waals surface area contributed by atoms with Gasteiger partial charge in [-0.2, -0.15) is 4.31 Å². The fourth-order valence-electron chi connectivity index (χ4n) is 3.29. The summed E-state index contributed by atoms with van der Waals surface area (Å²) in [5.74, 6) is 0.0241. The first-order valence-corrected chi connectivity index (χ1v) is 10.0. The molecule has 3 rings (SSSR count). The number of aryl methyl sites for hydroxylation is 2. The minimum absolute atomic E-state index is 0.106. The van der Waals surface area contributed by atoms with Gasteiger partial charge in [0.25, 0.3) is 0 Å². The summed E-state index contributed by atoms with van der Waals surface area (Å²) in [6.07, 6.45) is 1.14. The summed E-state index contributed by atoms with van der Waals surface area (Å²) in [5.41, 5.74) is 2.76. The van der Waals surface area contributed by atoms with Gasteiger partial charge in [-0.15, -0.1) is 0 Å². The molecule has 0 aromatic heterocycles. The molecule has 0 atom stereocenters. The first-order chi connectivity index (χ1) is 11.9. The molecule has 0 saturated carbocycles. The lowest BCUT2D eigenvalue weighted by Gasteiger charge is -2.30. The number of rotatable bonds is 4. The van der Waals surface area contributed by atoms with Crippen LogP contribution in [0.25, 0.3) is 0 Å². The molecular weight excluding hydrogens is 334 g/mol. The highest BCUT2D eigenvalue weighted by molar-refractivity contribution is 7.89. The van der Waals surface area contributed by atoms with Crippen LogP contribution in [0, 0.1) is 19.8 Å². The highest BCUT2D eigenvalue weighted by atomic mass is 32.2. The van der Waals surface area contributed by atoms with E-state index in [4.69, 9.17) is 0 Å². The lowest BCUT2D eigenvalue weighted by Crippen LogP contribution is -2.40. The summed E-state index contributed by atoms with van der Waals surface area (Å²) in [6.45, 7) is 4.64. The fraction of sp³-hybridized carbons (Fsp3) is 0.350. The molecule has 1 aliphatic heterocycles. The Kier molecular flexibility index (Phi) is 5.06. The van der Waals surface area contributed by atoms with Gasteiger partial charge in [0.15, 0.2) is 5.78 Å². The topological polar surface area (TPSA) is 54.5 Å². The number of piperidine rings is 1. The third kappa shape index (κ3) is 3.67. The van der Waals surface area contributed by atoms with Gasteiger partial charge in [-0.3, -0.25) is 4.79 Å². The third-order valence-electron chi connectivity index (χ3n) is 4.89. The number of carbonyl (C=O) groups excluding carboxylic acids is 1. The second-order valence-electron chi connectivity index (χ2n) is 6.67. The molecule has 1 saturated heterocycles. The van der Waals surface area contributed by atoms with Crippen LogP contribution in [0.2, 0.25) is 0 Å². The van der Waals surface area contributed by atoms with Crippen LogP contribution in [0.5, 0.6) is 0 Å². The maximum Gasteiger partial charge on any atom is 0.243 e. The Bertz CT molecular complexity index is 864. The number of carbonyl (C=O) groups is 1. The molecule has 2 aromatic carbocycles. The van der Waals surface area contributed by atoms with Crippen molar-refractivity contribution in [2.24, 2.45) is 5.92 Å². The van der Waals surface area contributed by atoms with Gasteiger partial charge in [-0.25, -0.2) is 8.42 Å². The molecule has 132 valence electrons. The van der Waals surface area contributed by atoms with E-state index in [1.54, 1.807) is 24.3 Å². The molecule has 1 fully saturated rings. The Balaban J connectivity index is 1.70. The smallest absolute Gasteiger partial charge is 0.243 e. The maximum absolute atomic E-state index is 12.7. The Labute approximate surface area is 149 Å². The molecule has 0 N–H and O–H groups in total. The predicted molar refractivity (Wildman–Crippen MR) is 98.2 cm³/mol. The molecule has 1 aliphatic rings. The van der Waals surface area contributed by atoms with Crippen LogP contribution < -0.4 is 0 Å². The zero-order valence-electron chi connectivity index (χ0n) is 14.6. The van der Waals surface area contributed by atoms with E-state index < -0.39 is 10.0 Å². The first kappa shape index (κ1) is 17.8. The van der Waals surface area contributed by atoms with Gasteiger partial charge >= 0.3 is 0 Å². The highest BCUT2D eigenvalue weighted by Gasteiger charge is 2.32. The van der Waals surface area contributed by atoms with Gasteiger partial charge in [0.2, 0.25) is 10.0 Å². The third-order valence-corrected chi connectivity index (χ3v) is 6.81. The minimum Gasteiger partial charge on any atom is -0.294 e. The number of ketones is 1. The summed E-state index contributed by atoms with van der Waals surface area (Å²) in [5, 5.41) is 0. The predicted octanol–water partition coefficient (Wildman–Crippen LogP) is 3.59. The average molecular weight is 357 g/mol. The van der Waals surface area contributed by atoms with E-state index in [2.05, 4.69) is 0 Å². The normalized spacial score (nSPS) is 16.7. The lowest BCUT2D eigenvalue weighted by atomic mass is 9.88. The minimum atomic E-state index is -3.48. The standard InChI is InChI=1S/C20H23NO3S/c1-15-7-9-18(10-8-15)25(23,24)21-13-11-17(12-14-21)20(22)19-6-4-3-5-16(19)2/h3-10,17H,11-14H2,1-2H3. The SMILES string of the molecule is Cc1ccc(S(=O)(=O)N2CCC(C(=O)c3ccccc3C)CC2)cc1. The second kappa shape index (κ2) is 7.10. The Morgan fingerprint density at radius 1 is 0.960 bits per heavy atom. The van der Waals surface area contributed by atoms with Gasteiger partial charge in [0.1, 0.15) is 0 Å². The number of hydrogen-bond acceptors (Lipinski definition) is 3. The summed E-state index contributed by atoms with van der Waals surface area (Å²) >= 11 is 0. The number of sulfonamides is 1. The second-order valence-corrected chi connectivity index (χ2v) is 8.61. The zero-order valence-corrected chi connectivity index (χ0v) is 15.4. The van der Waals surface area contributed by atoms with Crippen molar-refractivity contribution in [3.63, 3.8) is 0 Å². The number of nitrogens with zero attached hydrogens (tertiary/aromatic N) is 1. The molecule has 0 bridgehead atoms. The number of benzene rings is 2. The largest absolute Gasteiger partial charge is 0.294 e. The monoisotopic (exact) mass is 357 g/mol. The van der Waals surface area contributed by atoms with Crippen LogP contribution in [-0.2, 0) is 10.0 Å². The molecule has 4 nitrogen and oxygen atoms in total. The molecule has 0 radical (unpaired) electrons. The zero-order chi connectivity index (χ0) is 18.0. The van der Waals surface area contributed by atoms with Gasteiger partial charge in [0, 0.05) is 24.6 Å². The van der Waals surface area contributed by atoms with E-state index >= 15 is 0 Å². The van der Waals surface area contributed by atoms with Crippen molar-refractivity contribution in [1.82, 2.24) is 4.31 Å². The summed E-state index contributed by atoms with van der Waals surface area (Å²) < 4.78 is 27.0. The van der Waals surface area contributed by atoms with Crippen LogP contribution in [0.15, 0.2) is 53.4 Å². The van der Waals surface area contributed by atoms with E-state index in [-0.39, 0.29) is 11.7 Å². The maximum atomic E-state index is 12.7. The van der Waals surface area contributed by atoms with Crippen molar-refractivity contribution in [3.8, 4) is 0 Å². The van der Waals surface area contributed by atoms with E-state index in [0.717, 1.165) is 16.7 Å².